The Hall–Kier alpha value is -2.07. The molecule has 0 saturated carbocycles. The lowest BCUT2D eigenvalue weighted by molar-refractivity contribution is 0.0595. The van der Waals surface area contributed by atoms with Gasteiger partial charge < -0.3 is 9.39 Å². The molecule has 1 aliphatic carbocycles. The Morgan fingerprint density at radius 1 is 1.20 bits per heavy atom. The molecule has 0 saturated heterocycles. The van der Waals surface area contributed by atoms with Gasteiger partial charge in [-0.05, 0) is 60.0 Å². The molecule has 0 N–H and O–H groups in total. The molecule has 0 aromatic heterocycles. The number of carbonyl (C=O) groups excluding carboxylic acids is 1. The molecule has 129 valence electrons. The maximum atomic E-state index is 12.1. The normalized spacial score (nSPS) is 12.7. The highest BCUT2D eigenvalue weighted by molar-refractivity contribution is 6.49. The van der Waals surface area contributed by atoms with E-state index in [1.807, 2.05) is 32.0 Å². The summed E-state index contributed by atoms with van der Waals surface area (Å²) in [6.07, 6.45) is 1.05. The van der Waals surface area contributed by atoms with Crippen molar-refractivity contribution in [2.45, 2.75) is 39.7 Å². The third-order valence-corrected chi connectivity index (χ3v) is 5.16. The average molecular weight is 335 g/mol. The van der Waals surface area contributed by atoms with Crippen LogP contribution in [0.25, 0.3) is 11.1 Å². The second kappa shape index (κ2) is 6.68. The van der Waals surface area contributed by atoms with Crippen LogP contribution in [0, 0.1) is 5.92 Å². The van der Waals surface area contributed by atoms with Crippen LogP contribution in [0.1, 0.15) is 49.2 Å². The Labute approximate surface area is 150 Å². The quantitative estimate of drug-likeness (QED) is 0.508. The van der Waals surface area contributed by atoms with Gasteiger partial charge in [0.15, 0.2) is 0 Å². The molecule has 1 aliphatic rings. The van der Waals surface area contributed by atoms with Gasteiger partial charge in [0, 0.05) is 5.60 Å². The van der Waals surface area contributed by atoms with Gasteiger partial charge in [-0.3, -0.25) is 0 Å². The van der Waals surface area contributed by atoms with Crippen LogP contribution < -0.4 is 5.46 Å². The molecule has 0 fully saturated rings. The molecule has 0 amide bonds. The summed E-state index contributed by atoms with van der Waals surface area (Å²) in [5.74, 6) is -0.00789. The van der Waals surface area contributed by atoms with E-state index in [9.17, 15) is 4.79 Å². The summed E-state index contributed by atoms with van der Waals surface area (Å²) in [7, 11) is 3.09. The van der Waals surface area contributed by atoms with Gasteiger partial charge in [-0.2, -0.15) is 0 Å². The molecule has 3 nitrogen and oxygen atoms in total. The van der Waals surface area contributed by atoms with Crippen molar-refractivity contribution in [3.8, 4) is 11.1 Å². The monoisotopic (exact) mass is 335 g/mol. The SMILES string of the molecule is COC(=O)c1ccc(-c2cccc3c2C3)cc1[B]OC(C)(C)C(C)C. The van der Waals surface area contributed by atoms with Crippen molar-refractivity contribution < 1.29 is 14.2 Å². The van der Waals surface area contributed by atoms with E-state index in [2.05, 4.69) is 32.0 Å². The van der Waals surface area contributed by atoms with E-state index >= 15 is 0 Å². The number of benzene rings is 2. The van der Waals surface area contributed by atoms with Crippen LogP contribution in [0.15, 0.2) is 36.4 Å². The summed E-state index contributed by atoms with van der Waals surface area (Å²) in [4.78, 5) is 12.1. The van der Waals surface area contributed by atoms with Crippen LogP contribution in [0.3, 0.4) is 0 Å². The Kier molecular flexibility index (Phi) is 4.74. The van der Waals surface area contributed by atoms with E-state index in [0.29, 0.717) is 11.5 Å². The van der Waals surface area contributed by atoms with E-state index in [-0.39, 0.29) is 11.6 Å². The van der Waals surface area contributed by atoms with Crippen molar-refractivity contribution in [1.82, 2.24) is 0 Å². The van der Waals surface area contributed by atoms with Gasteiger partial charge in [0.05, 0.1) is 12.7 Å². The molecule has 0 spiro atoms. The number of fused-ring (bicyclic) bond motifs is 1. The highest BCUT2D eigenvalue weighted by Crippen LogP contribution is 2.37. The molecule has 25 heavy (non-hydrogen) atoms. The van der Waals surface area contributed by atoms with Crippen molar-refractivity contribution in [3.63, 3.8) is 0 Å². The lowest BCUT2D eigenvalue weighted by Gasteiger charge is -2.30. The highest BCUT2D eigenvalue weighted by Gasteiger charge is 2.26. The predicted molar refractivity (Wildman–Crippen MR) is 101 cm³/mol. The number of hydrogen-bond donors (Lipinski definition) is 0. The maximum absolute atomic E-state index is 12.1. The molecule has 4 heteroatoms. The summed E-state index contributed by atoms with van der Waals surface area (Å²) >= 11 is 0. The first-order chi connectivity index (χ1) is 11.8. The van der Waals surface area contributed by atoms with E-state index in [1.54, 1.807) is 7.48 Å². The minimum absolute atomic E-state index is 0.317. The summed E-state index contributed by atoms with van der Waals surface area (Å²) in [6, 6.07) is 12.2. The summed E-state index contributed by atoms with van der Waals surface area (Å²) in [5, 5.41) is 0. The second-order valence-corrected chi connectivity index (χ2v) is 7.41. The fourth-order valence-electron chi connectivity index (χ4n) is 2.68. The largest absolute Gasteiger partial charge is 0.465 e. The molecule has 0 aliphatic heterocycles. The van der Waals surface area contributed by atoms with Gasteiger partial charge in [0.25, 0.3) is 0 Å². The number of carbonyl (C=O) groups is 1. The summed E-state index contributed by atoms with van der Waals surface area (Å²) in [5.41, 5.74) is 6.06. The van der Waals surface area contributed by atoms with Crippen LogP contribution in [0.2, 0.25) is 0 Å². The number of methoxy groups -OCH3 is 1. The fourth-order valence-corrected chi connectivity index (χ4v) is 2.68. The number of esters is 1. The van der Waals surface area contributed by atoms with Crippen LogP contribution in [-0.2, 0) is 15.8 Å². The molecule has 0 heterocycles. The molecule has 2 aromatic carbocycles. The number of ether oxygens (including phenoxy) is 1. The van der Waals surface area contributed by atoms with Crippen LogP contribution in [-0.4, -0.2) is 26.2 Å². The van der Waals surface area contributed by atoms with Gasteiger partial charge in [-0.15, -0.1) is 0 Å². The Bertz CT molecular complexity index is 809. The van der Waals surface area contributed by atoms with E-state index < -0.39 is 0 Å². The maximum Gasteiger partial charge on any atom is 0.337 e. The predicted octanol–water partition coefficient (Wildman–Crippen LogP) is 3.74. The smallest absolute Gasteiger partial charge is 0.337 e. The average Bonchev–Trinajstić information content (AvgIpc) is 3.38. The third-order valence-electron chi connectivity index (χ3n) is 5.16. The van der Waals surface area contributed by atoms with Gasteiger partial charge >= 0.3 is 13.5 Å². The van der Waals surface area contributed by atoms with E-state index in [0.717, 1.165) is 17.4 Å². The first kappa shape index (κ1) is 17.7. The zero-order chi connectivity index (χ0) is 18.2. The molecule has 0 atom stereocenters. The van der Waals surface area contributed by atoms with Crippen LogP contribution in [0.5, 0.6) is 0 Å². The Morgan fingerprint density at radius 2 is 1.96 bits per heavy atom. The minimum Gasteiger partial charge on any atom is -0.465 e. The van der Waals surface area contributed by atoms with Crippen molar-refractivity contribution in [3.05, 3.63) is 53.1 Å². The first-order valence-corrected chi connectivity index (χ1v) is 8.68. The van der Waals surface area contributed by atoms with Crippen molar-refractivity contribution >= 4 is 18.9 Å². The van der Waals surface area contributed by atoms with Crippen molar-refractivity contribution in [2.24, 2.45) is 5.92 Å². The summed E-state index contributed by atoms with van der Waals surface area (Å²) < 4.78 is 10.9. The molecule has 0 bridgehead atoms. The first-order valence-electron chi connectivity index (χ1n) is 8.68. The molecule has 0 unspecified atom stereocenters. The minimum atomic E-state index is -0.354. The zero-order valence-electron chi connectivity index (χ0n) is 15.6. The van der Waals surface area contributed by atoms with Gasteiger partial charge in [-0.25, -0.2) is 4.79 Å². The highest BCUT2D eigenvalue weighted by atomic mass is 16.5. The number of rotatable bonds is 6. The lowest BCUT2D eigenvalue weighted by Crippen LogP contribution is -2.37. The Morgan fingerprint density at radius 3 is 2.64 bits per heavy atom. The lowest BCUT2D eigenvalue weighted by atomic mass is 9.79. The van der Waals surface area contributed by atoms with Gasteiger partial charge in [-0.1, -0.05) is 44.2 Å². The zero-order valence-corrected chi connectivity index (χ0v) is 15.6. The molecule has 3 rings (SSSR count). The molecule has 2 aromatic rings. The standard InChI is InChI=1S/C21H24BO3/c1-13(2)21(3,4)25-22-19-12-15(9-10-17(19)20(23)24-5)16-8-6-7-14-11-18(14)16/h6-10,12-13H,11H2,1-5H3. The van der Waals surface area contributed by atoms with E-state index in [1.165, 1.54) is 23.8 Å². The van der Waals surface area contributed by atoms with E-state index in [4.69, 9.17) is 9.39 Å². The molecule has 1 radical (unpaired) electrons. The van der Waals surface area contributed by atoms with Crippen molar-refractivity contribution in [1.29, 1.82) is 0 Å². The molecular formula is C21H24BO3. The van der Waals surface area contributed by atoms with Crippen LogP contribution >= 0.6 is 0 Å². The van der Waals surface area contributed by atoms with Gasteiger partial charge in [0.2, 0.25) is 0 Å². The second-order valence-electron chi connectivity index (χ2n) is 7.41. The topological polar surface area (TPSA) is 35.5 Å². The fraction of sp³-hybridized carbons (Fsp3) is 0.381. The third kappa shape index (κ3) is 3.64. The summed E-state index contributed by atoms with van der Waals surface area (Å²) in [6.45, 7) is 8.33. The Balaban J connectivity index is 1.94. The number of hydrogen-bond acceptors (Lipinski definition) is 3. The van der Waals surface area contributed by atoms with Crippen molar-refractivity contribution in [2.75, 3.05) is 7.11 Å². The molecular weight excluding hydrogens is 311 g/mol. The van der Waals surface area contributed by atoms with Gasteiger partial charge in [0.1, 0.15) is 0 Å². The van der Waals surface area contributed by atoms with Crippen LogP contribution in [0.4, 0.5) is 0 Å².